The summed E-state index contributed by atoms with van der Waals surface area (Å²) in [5, 5.41) is 4.63. The van der Waals surface area contributed by atoms with Crippen LogP contribution >= 0.6 is 0 Å². The van der Waals surface area contributed by atoms with Gasteiger partial charge in [0.15, 0.2) is 18.1 Å². The average molecular weight is 421 g/mol. The Bertz CT molecular complexity index is 1170. The number of methoxy groups -OCH3 is 2. The Kier molecular flexibility index (Phi) is 5.10. The van der Waals surface area contributed by atoms with Crippen LogP contribution in [0.2, 0.25) is 0 Å². The summed E-state index contributed by atoms with van der Waals surface area (Å²) in [7, 11) is 3.33. The Morgan fingerprint density at radius 3 is 2.48 bits per heavy atom. The van der Waals surface area contributed by atoms with Gasteiger partial charge in [-0.25, -0.2) is 0 Å². The molecule has 1 unspecified atom stereocenters. The van der Waals surface area contributed by atoms with Crippen LogP contribution in [0, 0.1) is 0 Å². The fraction of sp³-hybridized carbons (Fsp3) is 0.400. The predicted molar refractivity (Wildman–Crippen MR) is 121 cm³/mol. The second kappa shape index (κ2) is 7.93. The topological polar surface area (TPSA) is 74.0 Å². The number of rotatable bonds is 5. The number of hydrogen-bond donors (Lipinski definition) is 1. The number of hydrogen-bond acceptors (Lipinski definition) is 5. The molecule has 1 amide bonds. The van der Waals surface area contributed by atoms with E-state index in [1.165, 1.54) is 41.2 Å². The minimum atomic E-state index is -0.488. The molecule has 2 aliphatic rings. The molecule has 2 aliphatic heterocycles. The van der Waals surface area contributed by atoms with Gasteiger partial charge >= 0.3 is 0 Å². The summed E-state index contributed by atoms with van der Waals surface area (Å²) in [5.74, 6) is 1.59. The summed E-state index contributed by atoms with van der Waals surface area (Å²) >= 11 is 0. The first-order valence-electron chi connectivity index (χ1n) is 10.9. The number of nitrogens with two attached hydrogens (primary N) is 1. The summed E-state index contributed by atoms with van der Waals surface area (Å²) in [6, 6.07) is 10.8. The smallest absolute Gasteiger partial charge is 0.255 e. The number of ether oxygens (including phenoxy) is 3. The molecule has 2 heterocycles. The van der Waals surface area contributed by atoms with E-state index in [1.807, 2.05) is 12.1 Å². The molecule has 0 radical (unpaired) electrons. The van der Waals surface area contributed by atoms with E-state index in [0.717, 1.165) is 36.0 Å². The Labute approximate surface area is 181 Å². The first-order chi connectivity index (χ1) is 15.1. The number of piperidine rings is 1. The van der Waals surface area contributed by atoms with Crippen molar-refractivity contribution in [3.8, 4) is 17.2 Å². The lowest BCUT2D eigenvalue weighted by atomic mass is 9.82. The van der Waals surface area contributed by atoms with E-state index >= 15 is 0 Å². The molecule has 1 atom stereocenters. The molecule has 6 nitrogen and oxygen atoms in total. The lowest BCUT2D eigenvalue weighted by Gasteiger charge is -2.41. The van der Waals surface area contributed by atoms with Gasteiger partial charge in [-0.2, -0.15) is 0 Å². The molecule has 0 saturated carbocycles. The summed E-state index contributed by atoms with van der Waals surface area (Å²) < 4.78 is 16.9. The molecular formula is C25H28N2O4. The normalized spacial score (nSPS) is 18.5. The standard InChI is InChI=1S/C25H28N2O4/c1-29-23-11-20-18-9-15-5-3-4-8-27(15)13-22(18)17-7-6-16(31-14-25(26)28)10-19(17)21(20)12-24(23)30-2/h6-7,10-12,15H,3-5,8-9,13-14H2,1-2H3,(H2,26,28). The van der Waals surface area contributed by atoms with Gasteiger partial charge in [-0.05, 0) is 82.7 Å². The van der Waals surface area contributed by atoms with Crippen molar-refractivity contribution in [1.29, 1.82) is 0 Å². The minimum absolute atomic E-state index is 0.138. The van der Waals surface area contributed by atoms with Gasteiger partial charge in [0, 0.05) is 12.6 Å². The van der Waals surface area contributed by atoms with E-state index in [2.05, 4.69) is 23.1 Å². The highest BCUT2D eigenvalue weighted by Gasteiger charge is 2.31. The van der Waals surface area contributed by atoms with Gasteiger partial charge in [-0.3, -0.25) is 9.69 Å². The van der Waals surface area contributed by atoms with Gasteiger partial charge in [0.25, 0.3) is 5.91 Å². The summed E-state index contributed by atoms with van der Waals surface area (Å²) in [6.07, 6.45) is 4.89. The largest absolute Gasteiger partial charge is 0.493 e. The molecule has 0 aliphatic carbocycles. The van der Waals surface area contributed by atoms with Crippen molar-refractivity contribution in [3.63, 3.8) is 0 Å². The number of carbonyl (C=O) groups excluding carboxylic acids is 1. The zero-order chi connectivity index (χ0) is 21.5. The van der Waals surface area contributed by atoms with E-state index in [-0.39, 0.29) is 6.61 Å². The summed E-state index contributed by atoms with van der Waals surface area (Å²) in [6.45, 7) is 1.98. The second-order valence-corrected chi connectivity index (χ2v) is 8.50. The van der Waals surface area contributed by atoms with Gasteiger partial charge in [0.05, 0.1) is 14.2 Å². The van der Waals surface area contributed by atoms with Crippen molar-refractivity contribution in [3.05, 3.63) is 41.5 Å². The number of fused-ring (bicyclic) bond motifs is 7. The highest BCUT2D eigenvalue weighted by atomic mass is 16.5. The molecule has 31 heavy (non-hydrogen) atoms. The lowest BCUT2D eigenvalue weighted by Crippen LogP contribution is -2.43. The van der Waals surface area contributed by atoms with E-state index in [1.54, 1.807) is 14.2 Å². The third-order valence-electron chi connectivity index (χ3n) is 6.75. The van der Waals surface area contributed by atoms with Gasteiger partial charge in [0.2, 0.25) is 0 Å². The van der Waals surface area contributed by atoms with Crippen LogP contribution < -0.4 is 19.9 Å². The number of benzene rings is 3. The fourth-order valence-corrected chi connectivity index (χ4v) is 5.28. The van der Waals surface area contributed by atoms with Crippen LogP contribution in [0.15, 0.2) is 30.3 Å². The predicted octanol–water partition coefficient (Wildman–Crippen LogP) is 3.78. The van der Waals surface area contributed by atoms with Gasteiger partial charge in [0.1, 0.15) is 5.75 Å². The van der Waals surface area contributed by atoms with Crippen LogP contribution in [0.1, 0.15) is 30.4 Å². The Balaban J connectivity index is 1.77. The minimum Gasteiger partial charge on any atom is -0.493 e. The SMILES string of the molecule is COc1cc2c3c(c4ccc(OCC(N)=O)cc4c2cc1OC)CN1CCCCC1C3. The van der Waals surface area contributed by atoms with Crippen molar-refractivity contribution in [2.45, 2.75) is 38.3 Å². The Hall–Kier alpha value is -2.99. The quantitative estimate of drug-likeness (QED) is 0.636. The Morgan fingerprint density at radius 2 is 1.74 bits per heavy atom. The zero-order valence-electron chi connectivity index (χ0n) is 18.1. The maximum Gasteiger partial charge on any atom is 0.255 e. The number of primary amides is 1. The molecule has 2 N–H and O–H groups in total. The number of nitrogens with zero attached hydrogens (tertiary/aromatic N) is 1. The highest BCUT2D eigenvalue weighted by molar-refractivity contribution is 6.12. The maximum absolute atomic E-state index is 11.2. The molecule has 1 fully saturated rings. The van der Waals surface area contributed by atoms with E-state index in [9.17, 15) is 4.79 Å². The van der Waals surface area contributed by atoms with Crippen molar-refractivity contribution in [2.75, 3.05) is 27.4 Å². The van der Waals surface area contributed by atoms with Crippen LogP contribution in [0.3, 0.4) is 0 Å². The highest BCUT2D eigenvalue weighted by Crippen LogP contribution is 2.44. The monoisotopic (exact) mass is 420 g/mol. The van der Waals surface area contributed by atoms with Crippen molar-refractivity contribution >= 4 is 27.5 Å². The van der Waals surface area contributed by atoms with Crippen molar-refractivity contribution < 1.29 is 19.0 Å². The molecule has 0 spiro atoms. The summed E-state index contributed by atoms with van der Waals surface area (Å²) in [5.41, 5.74) is 8.06. The van der Waals surface area contributed by atoms with Gasteiger partial charge in [-0.15, -0.1) is 0 Å². The van der Waals surface area contributed by atoms with Crippen LogP contribution in [0.25, 0.3) is 21.5 Å². The Morgan fingerprint density at radius 1 is 1.00 bits per heavy atom. The van der Waals surface area contributed by atoms with Crippen molar-refractivity contribution in [1.82, 2.24) is 4.90 Å². The molecule has 162 valence electrons. The fourth-order valence-electron chi connectivity index (χ4n) is 5.28. The summed E-state index contributed by atoms with van der Waals surface area (Å²) in [4.78, 5) is 13.8. The van der Waals surface area contributed by atoms with Crippen LogP contribution in [0.4, 0.5) is 0 Å². The zero-order valence-corrected chi connectivity index (χ0v) is 18.1. The van der Waals surface area contributed by atoms with E-state index in [4.69, 9.17) is 19.9 Å². The molecule has 1 saturated heterocycles. The molecular weight excluding hydrogens is 392 g/mol. The average Bonchev–Trinajstić information content (AvgIpc) is 2.80. The third kappa shape index (κ3) is 3.45. The van der Waals surface area contributed by atoms with E-state index in [0.29, 0.717) is 17.5 Å². The number of amides is 1. The number of carbonyl (C=O) groups is 1. The molecule has 3 aromatic rings. The first kappa shape index (κ1) is 19.9. The molecule has 0 aromatic heterocycles. The van der Waals surface area contributed by atoms with Crippen LogP contribution in [-0.2, 0) is 17.8 Å². The molecule has 0 bridgehead atoms. The van der Waals surface area contributed by atoms with Crippen molar-refractivity contribution in [2.24, 2.45) is 5.73 Å². The van der Waals surface area contributed by atoms with Gasteiger partial charge in [-0.1, -0.05) is 12.5 Å². The maximum atomic E-state index is 11.2. The second-order valence-electron chi connectivity index (χ2n) is 8.50. The van der Waals surface area contributed by atoms with Crippen LogP contribution in [0.5, 0.6) is 17.2 Å². The molecule has 6 heteroatoms. The van der Waals surface area contributed by atoms with E-state index < -0.39 is 5.91 Å². The third-order valence-corrected chi connectivity index (χ3v) is 6.75. The molecule has 3 aromatic carbocycles. The van der Waals surface area contributed by atoms with Crippen LogP contribution in [-0.4, -0.2) is 44.2 Å². The lowest BCUT2D eigenvalue weighted by molar-refractivity contribution is -0.119. The first-order valence-corrected chi connectivity index (χ1v) is 10.9. The van der Waals surface area contributed by atoms with Gasteiger partial charge < -0.3 is 19.9 Å². The molecule has 5 rings (SSSR count).